The van der Waals surface area contributed by atoms with Gasteiger partial charge in [-0.2, -0.15) is 8.42 Å². The number of carbonyl (C=O) groups is 3. The molecule has 1 fully saturated rings. The third-order valence-electron chi connectivity index (χ3n) is 9.12. The first kappa shape index (κ1) is 37.0. The normalized spacial score (nSPS) is 25.8. The van der Waals surface area contributed by atoms with Crippen LogP contribution in [-0.2, 0) is 30.8 Å². The van der Waals surface area contributed by atoms with Crippen molar-refractivity contribution in [2.75, 3.05) is 13.7 Å². The molecule has 0 spiro atoms. The van der Waals surface area contributed by atoms with Crippen LogP contribution in [0.4, 0.5) is 0 Å². The second-order valence-corrected chi connectivity index (χ2v) is 13.9. The summed E-state index contributed by atoms with van der Waals surface area (Å²) in [5, 5.41) is 53.7. The largest absolute Gasteiger partial charge is 0.507 e. The monoisotopic (exact) mass is 715 g/mol. The van der Waals surface area contributed by atoms with E-state index in [-0.39, 0.29) is 39.3 Å². The lowest BCUT2D eigenvalue weighted by molar-refractivity contribution is -0.247. The van der Waals surface area contributed by atoms with Crippen molar-refractivity contribution in [2.45, 2.75) is 74.3 Å². The van der Waals surface area contributed by atoms with Crippen LogP contribution in [-0.4, -0.2) is 99.7 Å². The van der Waals surface area contributed by atoms with Gasteiger partial charge in [-0.3, -0.25) is 18.9 Å². The predicted octanol–water partition coefficient (Wildman–Crippen LogP) is 1.24. The highest BCUT2D eigenvalue weighted by Crippen LogP contribution is 2.52. The summed E-state index contributed by atoms with van der Waals surface area (Å²) >= 11 is 0. The van der Waals surface area contributed by atoms with E-state index in [9.17, 15) is 48.3 Å². The number of benzene rings is 3. The number of ketones is 3. The molecule has 15 nitrogen and oxygen atoms in total. The highest BCUT2D eigenvalue weighted by Gasteiger charge is 2.50. The summed E-state index contributed by atoms with van der Waals surface area (Å²) in [5.74, 6) is -3.77. The summed E-state index contributed by atoms with van der Waals surface area (Å²) in [5.41, 5.74) is 3.33. The van der Waals surface area contributed by atoms with Crippen LogP contribution in [0.3, 0.4) is 0 Å². The molecular weight excluding hydrogens is 678 g/mol. The molecule has 3 aromatic carbocycles. The summed E-state index contributed by atoms with van der Waals surface area (Å²) in [4.78, 5) is 39.7. The Morgan fingerprint density at radius 3 is 2.26 bits per heavy atom. The van der Waals surface area contributed by atoms with Gasteiger partial charge in [0.25, 0.3) is 10.1 Å². The molecule has 6 rings (SSSR count). The molecule has 3 aliphatic rings. The maximum atomic E-state index is 13.6. The van der Waals surface area contributed by atoms with Gasteiger partial charge < -0.3 is 45.5 Å². The lowest BCUT2D eigenvalue weighted by atomic mass is 9.72. The summed E-state index contributed by atoms with van der Waals surface area (Å²) < 4.78 is 46.5. The Labute approximate surface area is 286 Å². The van der Waals surface area contributed by atoms with Gasteiger partial charge in [0.05, 0.1) is 47.0 Å². The highest BCUT2D eigenvalue weighted by molar-refractivity contribution is 7.85. The number of aliphatic hydroxyl groups is 3. The fraction of sp³-hybridized carbons (Fsp3) is 0.382. The Bertz CT molecular complexity index is 1950. The molecule has 6 atom stereocenters. The zero-order valence-corrected chi connectivity index (χ0v) is 28.0. The van der Waals surface area contributed by atoms with Crippen LogP contribution in [0.15, 0.2) is 47.4 Å². The second kappa shape index (κ2) is 13.8. The van der Waals surface area contributed by atoms with E-state index >= 15 is 0 Å². The number of phenolic OH excluding ortho intramolecular Hbond substituents is 2. The average molecular weight is 716 g/mol. The van der Waals surface area contributed by atoms with Gasteiger partial charge in [-0.05, 0) is 32.0 Å². The minimum absolute atomic E-state index is 0.0173. The first-order valence-electron chi connectivity index (χ1n) is 15.5. The van der Waals surface area contributed by atoms with Crippen LogP contribution in [0, 0.1) is 6.92 Å². The highest BCUT2D eigenvalue weighted by atomic mass is 32.2. The van der Waals surface area contributed by atoms with Crippen molar-refractivity contribution in [3.8, 4) is 17.2 Å². The molecule has 1 heterocycles. The van der Waals surface area contributed by atoms with E-state index in [4.69, 9.17) is 24.5 Å². The molecule has 1 aliphatic heterocycles. The number of nitrogens with two attached hydrogens (primary N) is 1. The molecule has 0 aromatic heterocycles. The maximum absolute atomic E-state index is 13.6. The van der Waals surface area contributed by atoms with E-state index in [2.05, 4.69) is 0 Å². The van der Waals surface area contributed by atoms with E-state index in [1.54, 1.807) is 19.1 Å². The Morgan fingerprint density at radius 1 is 1.04 bits per heavy atom. The quantitative estimate of drug-likeness (QED) is 0.109. The third kappa shape index (κ3) is 6.63. The maximum Gasteiger partial charge on any atom is 0.294 e. The minimum Gasteiger partial charge on any atom is -0.507 e. The minimum atomic E-state index is -4.02. The first-order valence-corrected chi connectivity index (χ1v) is 16.9. The molecule has 0 saturated carbocycles. The number of aryl methyl sites for hydroxylation is 1. The van der Waals surface area contributed by atoms with Gasteiger partial charge in [0.15, 0.2) is 17.9 Å². The van der Waals surface area contributed by atoms with Gasteiger partial charge in [0.2, 0.25) is 5.78 Å². The van der Waals surface area contributed by atoms with Crippen molar-refractivity contribution in [2.24, 2.45) is 5.73 Å². The molecule has 0 amide bonds. The standard InChI is InChI=1S/C27H29NO11.C7H8O3S/c1-10-22(31)13(28)6-17(38-10)39-15-8-27(36,16(30)9-29)7-12-19(15)26(35)21-20(24(12)33)23(32)11-4-3-5-14(37-2)18(11)25(21)34;1-6-2-4-7(5-3-6)11(8,9)10/h3-5,10,13,15,17,22,29,31,33,35-36H,6-9,28H2,1-2H3;2-5H,1H3,(H,8,9,10)/t10-,13-,15-,17-,22+,27-;/m0./s1. The third-order valence-corrected chi connectivity index (χ3v) is 9.99. The summed E-state index contributed by atoms with van der Waals surface area (Å²) in [6.07, 6.45) is -5.12. The number of hydrogen-bond donors (Lipinski definition) is 7. The number of rotatable bonds is 6. The molecule has 0 radical (unpaired) electrons. The van der Waals surface area contributed by atoms with Crippen molar-refractivity contribution >= 4 is 27.5 Å². The van der Waals surface area contributed by atoms with Gasteiger partial charge in [-0.15, -0.1) is 0 Å². The lowest BCUT2D eigenvalue weighted by Gasteiger charge is -2.42. The summed E-state index contributed by atoms with van der Waals surface area (Å²) in [6.45, 7) is 2.40. The Hall–Kier alpha value is -4.26. The number of ether oxygens (including phenoxy) is 3. The predicted molar refractivity (Wildman–Crippen MR) is 173 cm³/mol. The molecule has 50 heavy (non-hydrogen) atoms. The molecule has 2 aliphatic carbocycles. The van der Waals surface area contributed by atoms with E-state index in [1.807, 2.05) is 6.92 Å². The molecule has 268 valence electrons. The van der Waals surface area contributed by atoms with Crippen molar-refractivity contribution in [1.29, 1.82) is 0 Å². The molecular formula is C34H37NO14S. The van der Waals surface area contributed by atoms with Crippen molar-refractivity contribution in [1.82, 2.24) is 0 Å². The van der Waals surface area contributed by atoms with E-state index < -0.39 is 106 Å². The molecule has 1 saturated heterocycles. The molecule has 16 heteroatoms. The van der Waals surface area contributed by atoms with Gasteiger partial charge in [-0.1, -0.05) is 29.8 Å². The van der Waals surface area contributed by atoms with Gasteiger partial charge in [0, 0.05) is 42.0 Å². The zero-order valence-electron chi connectivity index (χ0n) is 27.2. The second-order valence-electron chi connectivity index (χ2n) is 12.4. The average Bonchev–Trinajstić information content (AvgIpc) is 3.06. The number of carbonyl (C=O) groups excluding carboxylic acids is 3. The fourth-order valence-corrected chi connectivity index (χ4v) is 6.94. The van der Waals surface area contributed by atoms with E-state index in [0.717, 1.165) is 5.56 Å². The Kier molecular flexibility index (Phi) is 10.2. The number of phenols is 2. The van der Waals surface area contributed by atoms with Crippen LogP contribution in [0.1, 0.15) is 74.4 Å². The summed E-state index contributed by atoms with van der Waals surface area (Å²) in [7, 11) is -2.70. The smallest absolute Gasteiger partial charge is 0.294 e. The van der Waals surface area contributed by atoms with Crippen molar-refractivity contribution < 1.29 is 67.1 Å². The molecule has 3 aromatic rings. The topological polar surface area (TPSA) is 260 Å². The fourth-order valence-electron chi connectivity index (χ4n) is 6.46. The lowest BCUT2D eigenvalue weighted by Crippen LogP contribution is -2.53. The van der Waals surface area contributed by atoms with Crippen LogP contribution >= 0.6 is 0 Å². The van der Waals surface area contributed by atoms with E-state index in [1.165, 1.54) is 37.4 Å². The van der Waals surface area contributed by atoms with Crippen molar-refractivity contribution in [3.05, 3.63) is 81.4 Å². The van der Waals surface area contributed by atoms with Crippen LogP contribution in [0.5, 0.6) is 17.2 Å². The number of hydrogen-bond acceptors (Lipinski definition) is 14. The molecule has 8 N–H and O–H groups in total. The number of methoxy groups -OCH3 is 1. The Morgan fingerprint density at radius 2 is 1.68 bits per heavy atom. The first-order chi connectivity index (χ1) is 23.4. The number of Topliss-reactive ketones (excluding diaryl/α,β-unsaturated/α-hetero) is 1. The van der Waals surface area contributed by atoms with Crippen LogP contribution < -0.4 is 10.5 Å². The number of aromatic hydroxyl groups is 2. The SMILES string of the molecule is COc1cccc2c1C(=O)c1c(O)c3c(c(O)c1C2=O)C[C@@](O)(C(=O)CO)C[C@@H]3O[C@H]1C[C@H](N)[C@H](O)[C@H](C)O1.Cc1ccc(S(=O)(=O)O)cc1. The van der Waals surface area contributed by atoms with E-state index in [0.29, 0.717) is 0 Å². The van der Waals surface area contributed by atoms with Crippen LogP contribution in [0.25, 0.3) is 0 Å². The molecule has 0 bridgehead atoms. The van der Waals surface area contributed by atoms with Gasteiger partial charge >= 0.3 is 0 Å². The van der Waals surface area contributed by atoms with Crippen LogP contribution in [0.2, 0.25) is 0 Å². The van der Waals surface area contributed by atoms with Gasteiger partial charge in [0.1, 0.15) is 29.5 Å². The molecule has 0 unspecified atom stereocenters. The zero-order chi connectivity index (χ0) is 36.9. The Balaban J connectivity index is 0.000000377. The van der Waals surface area contributed by atoms with Gasteiger partial charge in [-0.25, -0.2) is 0 Å². The van der Waals surface area contributed by atoms with Crippen molar-refractivity contribution in [3.63, 3.8) is 0 Å². The summed E-state index contributed by atoms with van der Waals surface area (Å²) in [6, 6.07) is 9.62. The number of aliphatic hydroxyl groups excluding tert-OH is 2. The number of fused-ring (bicyclic) bond motifs is 3.